The smallest absolute Gasteiger partial charge is 0.00259 e. The molecule has 0 aliphatic heterocycles. The number of benzene rings is 1. The van der Waals surface area contributed by atoms with E-state index in [2.05, 4.69) is 43.0 Å². The molecule has 0 saturated heterocycles. The second-order valence-corrected chi connectivity index (χ2v) is 3.14. The molecule has 0 heteroatoms. The van der Waals surface area contributed by atoms with E-state index in [0.717, 1.165) is 6.42 Å². The highest BCUT2D eigenvalue weighted by molar-refractivity contribution is 5.30. The SMILES string of the molecule is C=C/C=C(\C=C/C)Cc1ccccc1. The van der Waals surface area contributed by atoms with Crippen molar-refractivity contribution < 1.29 is 0 Å². The summed E-state index contributed by atoms with van der Waals surface area (Å²) in [4.78, 5) is 0. The van der Waals surface area contributed by atoms with Gasteiger partial charge in [-0.3, -0.25) is 0 Å². The van der Waals surface area contributed by atoms with Crippen molar-refractivity contribution in [2.24, 2.45) is 0 Å². The van der Waals surface area contributed by atoms with E-state index in [0.29, 0.717) is 0 Å². The molecule has 0 saturated carbocycles. The first-order valence-electron chi connectivity index (χ1n) is 4.85. The van der Waals surface area contributed by atoms with Gasteiger partial charge in [-0.2, -0.15) is 0 Å². The van der Waals surface area contributed by atoms with Gasteiger partial charge in [-0.15, -0.1) is 0 Å². The van der Waals surface area contributed by atoms with E-state index in [1.54, 1.807) is 0 Å². The molecule has 0 unspecified atom stereocenters. The van der Waals surface area contributed by atoms with Gasteiger partial charge in [-0.25, -0.2) is 0 Å². The zero-order valence-corrected chi connectivity index (χ0v) is 8.61. The van der Waals surface area contributed by atoms with Crippen molar-refractivity contribution in [1.82, 2.24) is 0 Å². The molecule has 0 atom stereocenters. The highest BCUT2D eigenvalue weighted by atomic mass is 14.0. The molecule has 0 spiro atoms. The van der Waals surface area contributed by atoms with Crippen LogP contribution in [0.5, 0.6) is 0 Å². The Bertz CT molecular complexity index is 328. The van der Waals surface area contributed by atoms with Crippen molar-refractivity contribution in [2.75, 3.05) is 0 Å². The molecule has 0 N–H and O–H groups in total. The quantitative estimate of drug-likeness (QED) is 0.622. The normalized spacial score (nSPS) is 11.9. The first kappa shape index (κ1) is 10.5. The third-order valence-electron chi connectivity index (χ3n) is 1.96. The summed E-state index contributed by atoms with van der Waals surface area (Å²) in [6.07, 6.45) is 9.02. The van der Waals surface area contributed by atoms with Crippen LogP contribution in [0, 0.1) is 0 Å². The highest BCUT2D eigenvalue weighted by Gasteiger charge is 1.93. The lowest BCUT2D eigenvalue weighted by Crippen LogP contribution is -1.86. The third kappa shape index (κ3) is 3.44. The first-order valence-corrected chi connectivity index (χ1v) is 4.85. The Morgan fingerprint density at radius 2 is 2.00 bits per heavy atom. The Kier molecular flexibility index (Phi) is 4.49. The number of rotatable bonds is 4. The van der Waals surface area contributed by atoms with Crippen molar-refractivity contribution in [3.8, 4) is 0 Å². The maximum absolute atomic E-state index is 3.71. The minimum absolute atomic E-state index is 0.969. The van der Waals surface area contributed by atoms with Crippen molar-refractivity contribution in [3.05, 3.63) is 72.4 Å². The van der Waals surface area contributed by atoms with Crippen LogP contribution in [0.4, 0.5) is 0 Å². The van der Waals surface area contributed by atoms with Crippen LogP contribution in [-0.2, 0) is 6.42 Å². The van der Waals surface area contributed by atoms with Crippen molar-refractivity contribution >= 4 is 0 Å². The molecule has 1 rings (SSSR count). The Hall–Kier alpha value is -1.56. The fraction of sp³-hybridized carbons (Fsp3) is 0.143. The van der Waals surface area contributed by atoms with Gasteiger partial charge >= 0.3 is 0 Å². The summed E-state index contributed by atoms with van der Waals surface area (Å²) in [5.41, 5.74) is 2.62. The van der Waals surface area contributed by atoms with Crippen LogP contribution in [-0.4, -0.2) is 0 Å². The van der Waals surface area contributed by atoms with Gasteiger partial charge in [-0.05, 0) is 24.5 Å². The van der Waals surface area contributed by atoms with E-state index in [1.165, 1.54) is 11.1 Å². The Morgan fingerprint density at radius 3 is 2.57 bits per heavy atom. The topological polar surface area (TPSA) is 0 Å². The average Bonchev–Trinajstić information content (AvgIpc) is 2.20. The maximum Gasteiger partial charge on any atom is -0.00259 e. The van der Waals surface area contributed by atoms with Crippen LogP contribution in [0.15, 0.2) is 66.8 Å². The second-order valence-electron chi connectivity index (χ2n) is 3.14. The molecule has 0 bridgehead atoms. The molecule has 1 aromatic rings. The van der Waals surface area contributed by atoms with E-state index in [4.69, 9.17) is 0 Å². The predicted octanol–water partition coefficient (Wildman–Crippen LogP) is 3.92. The minimum atomic E-state index is 0.969. The molecule has 0 aromatic heterocycles. The molecule has 72 valence electrons. The summed E-state index contributed by atoms with van der Waals surface area (Å²) >= 11 is 0. The average molecular weight is 184 g/mol. The molecule has 0 radical (unpaired) electrons. The van der Waals surface area contributed by atoms with Crippen molar-refractivity contribution in [1.29, 1.82) is 0 Å². The van der Waals surface area contributed by atoms with Crippen molar-refractivity contribution in [2.45, 2.75) is 13.3 Å². The molecular weight excluding hydrogens is 168 g/mol. The van der Waals surface area contributed by atoms with Gasteiger partial charge in [0.05, 0.1) is 0 Å². The molecular formula is C14H16. The zero-order valence-electron chi connectivity index (χ0n) is 8.61. The van der Waals surface area contributed by atoms with Crippen LogP contribution < -0.4 is 0 Å². The Labute approximate surface area is 86.3 Å². The predicted molar refractivity (Wildman–Crippen MR) is 63.2 cm³/mol. The van der Waals surface area contributed by atoms with Crippen LogP contribution in [0.3, 0.4) is 0 Å². The fourth-order valence-corrected chi connectivity index (χ4v) is 1.37. The van der Waals surface area contributed by atoms with Gasteiger partial charge in [0.2, 0.25) is 0 Å². The lowest BCUT2D eigenvalue weighted by molar-refractivity contribution is 1.19. The van der Waals surface area contributed by atoms with E-state index >= 15 is 0 Å². The van der Waals surface area contributed by atoms with Gasteiger partial charge in [0, 0.05) is 0 Å². The van der Waals surface area contributed by atoms with Gasteiger partial charge in [-0.1, -0.05) is 61.2 Å². The Morgan fingerprint density at radius 1 is 1.29 bits per heavy atom. The third-order valence-corrected chi connectivity index (χ3v) is 1.96. The summed E-state index contributed by atoms with van der Waals surface area (Å²) < 4.78 is 0. The number of hydrogen-bond donors (Lipinski definition) is 0. The standard InChI is InChI=1S/C14H16/c1-3-8-13(9-4-2)12-14-10-6-5-7-11-14/h3-11H,1,12H2,2H3/b9-4-,13-8+. The van der Waals surface area contributed by atoms with E-state index < -0.39 is 0 Å². The van der Waals surface area contributed by atoms with Crippen LogP contribution >= 0.6 is 0 Å². The zero-order chi connectivity index (χ0) is 10.2. The maximum atomic E-state index is 3.71. The van der Waals surface area contributed by atoms with Gasteiger partial charge in [0.25, 0.3) is 0 Å². The lowest BCUT2D eigenvalue weighted by Gasteiger charge is -2.01. The summed E-state index contributed by atoms with van der Waals surface area (Å²) in [6.45, 7) is 5.74. The first-order chi connectivity index (χ1) is 6.86. The second kappa shape index (κ2) is 5.98. The van der Waals surface area contributed by atoms with Gasteiger partial charge in [0.15, 0.2) is 0 Å². The summed E-state index contributed by atoms with van der Waals surface area (Å²) in [5.74, 6) is 0. The van der Waals surface area contributed by atoms with E-state index in [1.807, 2.05) is 25.1 Å². The molecule has 0 amide bonds. The summed E-state index contributed by atoms with van der Waals surface area (Å²) in [7, 11) is 0. The Balaban J connectivity index is 2.75. The summed E-state index contributed by atoms with van der Waals surface area (Å²) in [5, 5.41) is 0. The van der Waals surface area contributed by atoms with Crippen molar-refractivity contribution in [3.63, 3.8) is 0 Å². The number of hydrogen-bond acceptors (Lipinski definition) is 0. The molecule has 0 nitrogen and oxygen atoms in total. The number of allylic oxidation sites excluding steroid dienone is 5. The van der Waals surface area contributed by atoms with Gasteiger partial charge < -0.3 is 0 Å². The molecule has 0 fully saturated rings. The molecule has 0 heterocycles. The minimum Gasteiger partial charge on any atom is -0.0991 e. The highest BCUT2D eigenvalue weighted by Crippen LogP contribution is 2.09. The molecule has 0 aliphatic carbocycles. The van der Waals surface area contributed by atoms with E-state index in [-0.39, 0.29) is 0 Å². The summed E-state index contributed by atoms with van der Waals surface area (Å²) in [6, 6.07) is 10.4. The molecule has 1 aromatic carbocycles. The van der Waals surface area contributed by atoms with E-state index in [9.17, 15) is 0 Å². The van der Waals surface area contributed by atoms with Crippen LogP contribution in [0.2, 0.25) is 0 Å². The lowest BCUT2D eigenvalue weighted by atomic mass is 10.0. The monoisotopic (exact) mass is 184 g/mol. The molecule has 0 aliphatic rings. The van der Waals surface area contributed by atoms with Crippen LogP contribution in [0.1, 0.15) is 12.5 Å². The largest absolute Gasteiger partial charge is 0.0991 e. The molecule has 14 heavy (non-hydrogen) atoms. The fourth-order valence-electron chi connectivity index (χ4n) is 1.37. The van der Waals surface area contributed by atoms with Crippen LogP contribution in [0.25, 0.3) is 0 Å². The van der Waals surface area contributed by atoms with Gasteiger partial charge in [0.1, 0.15) is 0 Å².